The lowest BCUT2D eigenvalue weighted by atomic mass is 10.1. The van der Waals surface area contributed by atoms with Gasteiger partial charge in [0.2, 0.25) is 5.95 Å². The van der Waals surface area contributed by atoms with Gasteiger partial charge in [-0.3, -0.25) is 9.58 Å². The number of benzene rings is 1. The number of nitrogens with zero attached hydrogens (tertiary/aromatic N) is 6. The number of aliphatic hydroxyl groups excluding tert-OH is 1. The lowest BCUT2D eigenvalue weighted by molar-refractivity contribution is 0.0785. The summed E-state index contributed by atoms with van der Waals surface area (Å²) in [5.41, 5.74) is 2.76. The minimum atomic E-state index is -2.48. The Balaban J connectivity index is 1.33. The van der Waals surface area contributed by atoms with Gasteiger partial charge in [0.15, 0.2) is 0 Å². The number of nitrogens with one attached hydrogen (secondary N) is 1. The Kier molecular flexibility index (Phi) is 6.52. The smallest absolute Gasteiger partial charge is 0.257 e. The van der Waals surface area contributed by atoms with Crippen molar-refractivity contribution in [3.05, 3.63) is 35.2 Å². The quantitative estimate of drug-likeness (QED) is 0.541. The molecule has 1 aromatic carbocycles. The summed E-state index contributed by atoms with van der Waals surface area (Å²) in [5, 5.41) is 18.6. The molecule has 0 spiro atoms. The standard InChI is InChI=1S/C22H26ClF2N7O2/c1-13-17(9-27-32(13)10-21(24)25)29-22-26-8-14-6-15(23)18(7-16(14)28-22)30-2-4-31(5-3-30)19-11-34-12-20(19)33/h6-9,19-21,33H,2-5,10-12H2,1H3,(H,26,28,29). The monoisotopic (exact) mass is 493 g/mol. The average molecular weight is 494 g/mol. The summed E-state index contributed by atoms with van der Waals surface area (Å²) in [6.45, 7) is 5.35. The largest absolute Gasteiger partial charge is 0.389 e. The highest BCUT2D eigenvalue weighted by Gasteiger charge is 2.33. The van der Waals surface area contributed by atoms with E-state index in [1.165, 1.54) is 10.9 Å². The van der Waals surface area contributed by atoms with Gasteiger partial charge in [-0.1, -0.05) is 11.6 Å². The number of hydrogen-bond donors (Lipinski definition) is 2. The number of fused-ring (bicyclic) bond motifs is 1. The van der Waals surface area contributed by atoms with Crippen LogP contribution >= 0.6 is 11.6 Å². The molecule has 9 nitrogen and oxygen atoms in total. The van der Waals surface area contributed by atoms with Crippen molar-refractivity contribution in [3.63, 3.8) is 0 Å². The van der Waals surface area contributed by atoms with Gasteiger partial charge >= 0.3 is 0 Å². The van der Waals surface area contributed by atoms with Gasteiger partial charge in [0.1, 0.15) is 6.54 Å². The van der Waals surface area contributed by atoms with E-state index >= 15 is 0 Å². The lowest BCUT2D eigenvalue weighted by Crippen LogP contribution is -2.53. The molecule has 4 heterocycles. The maximum absolute atomic E-state index is 12.7. The minimum Gasteiger partial charge on any atom is -0.389 e. The van der Waals surface area contributed by atoms with Crippen LogP contribution in [0.3, 0.4) is 0 Å². The molecule has 0 radical (unpaired) electrons. The molecule has 2 fully saturated rings. The van der Waals surface area contributed by atoms with Crippen LogP contribution in [0.1, 0.15) is 5.69 Å². The Bertz CT molecular complexity index is 1170. The maximum atomic E-state index is 12.7. The van der Waals surface area contributed by atoms with Crippen LogP contribution in [-0.4, -0.2) is 87.7 Å². The second-order valence-corrected chi connectivity index (χ2v) is 9.00. The van der Waals surface area contributed by atoms with Gasteiger partial charge in [0, 0.05) is 37.8 Å². The molecular formula is C22H26ClF2N7O2. The van der Waals surface area contributed by atoms with Gasteiger partial charge in [-0.2, -0.15) is 5.10 Å². The predicted molar refractivity (Wildman–Crippen MR) is 125 cm³/mol. The average Bonchev–Trinajstić information content (AvgIpc) is 3.39. The van der Waals surface area contributed by atoms with Crippen molar-refractivity contribution in [1.82, 2.24) is 24.6 Å². The van der Waals surface area contributed by atoms with Gasteiger partial charge in [0.05, 0.1) is 59.2 Å². The van der Waals surface area contributed by atoms with E-state index in [1.807, 2.05) is 12.1 Å². The third-order valence-corrected chi connectivity index (χ3v) is 6.76. The Hall–Kier alpha value is -2.60. The molecule has 2 aromatic heterocycles. The van der Waals surface area contributed by atoms with Crippen LogP contribution in [-0.2, 0) is 11.3 Å². The van der Waals surface area contributed by atoms with Crippen LogP contribution in [0.25, 0.3) is 10.9 Å². The van der Waals surface area contributed by atoms with Gasteiger partial charge in [-0.25, -0.2) is 18.7 Å². The summed E-state index contributed by atoms with van der Waals surface area (Å²) in [7, 11) is 0. The van der Waals surface area contributed by atoms with Crippen LogP contribution in [0.4, 0.5) is 26.1 Å². The highest BCUT2D eigenvalue weighted by molar-refractivity contribution is 6.34. The zero-order chi connectivity index (χ0) is 23.8. The Morgan fingerprint density at radius 2 is 2.00 bits per heavy atom. The Labute approximate surface area is 200 Å². The zero-order valence-corrected chi connectivity index (χ0v) is 19.4. The fraction of sp³-hybridized carbons (Fsp3) is 0.500. The van der Waals surface area contributed by atoms with E-state index in [2.05, 4.69) is 30.2 Å². The summed E-state index contributed by atoms with van der Waals surface area (Å²) in [6, 6.07) is 3.84. The first-order chi connectivity index (χ1) is 16.4. The second kappa shape index (κ2) is 9.57. The molecule has 0 bridgehead atoms. The van der Waals surface area contributed by atoms with Crippen molar-refractivity contribution in [3.8, 4) is 0 Å². The number of aliphatic hydroxyl groups is 1. The van der Waals surface area contributed by atoms with E-state index in [-0.39, 0.29) is 6.04 Å². The molecule has 5 rings (SSSR count). The van der Waals surface area contributed by atoms with E-state index in [4.69, 9.17) is 16.3 Å². The van der Waals surface area contributed by atoms with Gasteiger partial charge < -0.3 is 20.1 Å². The van der Waals surface area contributed by atoms with Crippen LogP contribution in [0.15, 0.2) is 24.5 Å². The van der Waals surface area contributed by atoms with Crippen molar-refractivity contribution in [2.24, 2.45) is 0 Å². The van der Waals surface area contributed by atoms with Crippen molar-refractivity contribution < 1.29 is 18.6 Å². The van der Waals surface area contributed by atoms with E-state index in [0.29, 0.717) is 35.6 Å². The van der Waals surface area contributed by atoms with Crippen LogP contribution in [0.5, 0.6) is 0 Å². The SMILES string of the molecule is Cc1c(Nc2ncc3cc(Cl)c(N4CCN(C5COCC5O)CC4)cc3n2)cnn1CC(F)F. The van der Waals surface area contributed by atoms with E-state index in [9.17, 15) is 13.9 Å². The summed E-state index contributed by atoms with van der Waals surface area (Å²) in [5.74, 6) is 0.348. The summed E-state index contributed by atoms with van der Waals surface area (Å²) in [6.07, 6.45) is 0.248. The number of anilines is 3. The van der Waals surface area contributed by atoms with E-state index in [0.717, 1.165) is 42.8 Å². The maximum Gasteiger partial charge on any atom is 0.257 e. The normalized spacial score (nSPS) is 21.6. The number of hydrogen-bond acceptors (Lipinski definition) is 8. The molecule has 12 heteroatoms. The number of piperazine rings is 1. The lowest BCUT2D eigenvalue weighted by Gasteiger charge is -2.39. The number of ether oxygens (including phenoxy) is 1. The molecule has 2 saturated heterocycles. The highest BCUT2D eigenvalue weighted by atomic mass is 35.5. The molecule has 0 amide bonds. The first kappa shape index (κ1) is 23.2. The third-order valence-electron chi connectivity index (χ3n) is 6.45. The summed E-state index contributed by atoms with van der Waals surface area (Å²) >= 11 is 6.60. The molecule has 0 saturated carbocycles. The fourth-order valence-electron chi connectivity index (χ4n) is 4.52. The van der Waals surface area contributed by atoms with Crippen molar-refractivity contribution in [1.29, 1.82) is 0 Å². The molecule has 2 atom stereocenters. The molecule has 34 heavy (non-hydrogen) atoms. The van der Waals surface area contributed by atoms with Crippen LogP contribution < -0.4 is 10.2 Å². The third kappa shape index (κ3) is 4.65. The number of rotatable bonds is 6. The molecule has 3 aromatic rings. The Morgan fingerprint density at radius 1 is 1.21 bits per heavy atom. The first-order valence-electron chi connectivity index (χ1n) is 11.2. The molecule has 0 aliphatic carbocycles. The number of halogens is 3. The predicted octanol–water partition coefficient (Wildman–Crippen LogP) is 2.68. The van der Waals surface area contributed by atoms with Crippen molar-refractivity contribution in [2.45, 2.75) is 32.0 Å². The van der Waals surface area contributed by atoms with E-state index < -0.39 is 19.1 Å². The zero-order valence-electron chi connectivity index (χ0n) is 18.7. The van der Waals surface area contributed by atoms with Gasteiger partial charge in [-0.15, -0.1) is 0 Å². The van der Waals surface area contributed by atoms with Crippen molar-refractivity contribution >= 4 is 39.8 Å². The Morgan fingerprint density at radius 3 is 2.71 bits per heavy atom. The molecule has 2 unspecified atom stereocenters. The minimum absolute atomic E-state index is 0.0455. The second-order valence-electron chi connectivity index (χ2n) is 8.59. The topological polar surface area (TPSA) is 91.6 Å². The molecular weight excluding hydrogens is 468 g/mol. The molecule has 2 aliphatic rings. The molecule has 2 N–H and O–H groups in total. The molecule has 182 valence electrons. The van der Waals surface area contributed by atoms with E-state index in [1.54, 1.807) is 13.1 Å². The van der Waals surface area contributed by atoms with Gasteiger partial charge in [0.25, 0.3) is 6.43 Å². The summed E-state index contributed by atoms with van der Waals surface area (Å²) in [4.78, 5) is 13.4. The highest BCUT2D eigenvalue weighted by Crippen LogP contribution is 2.32. The van der Waals surface area contributed by atoms with Gasteiger partial charge in [-0.05, 0) is 19.1 Å². The molecule has 2 aliphatic heterocycles. The summed E-state index contributed by atoms with van der Waals surface area (Å²) < 4.78 is 32.1. The number of alkyl halides is 2. The van der Waals surface area contributed by atoms with Crippen LogP contribution in [0.2, 0.25) is 5.02 Å². The number of aromatic nitrogens is 4. The van der Waals surface area contributed by atoms with Crippen molar-refractivity contribution in [2.75, 3.05) is 49.6 Å². The fourth-order valence-corrected chi connectivity index (χ4v) is 4.81. The van der Waals surface area contributed by atoms with Crippen LogP contribution in [0, 0.1) is 6.92 Å². The first-order valence-corrected chi connectivity index (χ1v) is 11.6.